The van der Waals surface area contributed by atoms with Crippen LogP contribution in [0.4, 0.5) is 0 Å². The van der Waals surface area contributed by atoms with Gasteiger partial charge in [0.1, 0.15) is 5.75 Å². The van der Waals surface area contributed by atoms with Gasteiger partial charge >= 0.3 is 0 Å². The van der Waals surface area contributed by atoms with Crippen molar-refractivity contribution in [3.05, 3.63) is 51.2 Å². The van der Waals surface area contributed by atoms with Crippen molar-refractivity contribution in [3.8, 4) is 5.75 Å². The van der Waals surface area contributed by atoms with E-state index in [4.69, 9.17) is 16.3 Å². The zero-order valence-electron chi connectivity index (χ0n) is 11.2. The highest BCUT2D eigenvalue weighted by Gasteiger charge is 2.08. The van der Waals surface area contributed by atoms with Crippen LogP contribution in [-0.4, -0.2) is 13.7 Å². The van der Waals surface area contributed by atoms with Gasteiger partial charge in [0, 0.05) is 22.4 Å². The second-order valence-electron chi connectivity index (χ2n) is 4.37. The highest BCUT2D eigenvalue weighted by atomic mass is 35.5. The molecule has 1 heterocycles. The average Bonchev–Trinajstić information content (AvgIpc) is 2.91. The van der Waals surface area contributed by atoms with E-state index in [9.17, 15) is 0 Å². The minimum Gasteiger partial charge on any atom is -0.493 e. The highest BCUT2D eigenvalue weighted by molar-refractivity contribution is 7.09. The van der Waals surface area contributed by atoms with Gasteiger partial charge in [0.2, 0.25) is 0 Å². The van der Waals surface area contributed by atoms with Gasteiger partial charge in [-0.3, -0.25) is 0 Å². The number of ether oxygens (including phenoxy) is 1. The number of hydrogen-bond acceptors (Lipinski definition) is 3. The predicted molar refractivity (Wildman–Crippen MR) is 82.4 cm³/mol. The molecule has 1 atom stereocenters. The van der Waals surface area contributed by atoms with Crippen LogP contribution in [0.15, 0.2) is 35.7 Å². The normalized spacial score (nSPS) is 12.4. The third-order valence-corrected chi connectivity index (χ3v) is 4.33. The summed E-state index contributed by atoms with van der Waals surface area (Å²) in [4.78, 5) is 1.34. The van der Waals surface area contributed by atoms with Gasteiger partial charge in [-0.25, -0.2) is 0 Å². The molecule has 0 amide bonds. The summed E-state index contributed by atoms with van der Waals surface area (Å²) in [6.45, 7) is 2.76. The number of rotatable bonds is 6. The van der Waals surface area contributed by atoms with Crippen LogP contribution >= 0.6 is 22.9 Å². The van der Waals surface area contributed by atoms with Crippen molar-refractivity contribution in [2.75, 3.05) is 13.7 Å². The van der Waals surface area contributed by atoms with E-state index in [1.807, 2.05) is 25.2 Å². The Morgan fingerprint density at radius 1 is 1.37 bits per heavy atom. The molecule has 2 nitrogen and oxygen atoms in total. The van der Waals surface area contributed by atoms with Crippen molar-refractivity contribution >= 4 is 22.9 Å². The molecular formula is C15H18ClNOS. The van der Waals surface area contributed by atoms with Crippen molar-refractivity contribution in [2.45, 2.75) is 19.4 Å². The van der Waals surface area contributed by atoms with Gasteiger partial charge in [0.25, 0.3) is 0 Å². The maximum atomic E-state index is 6.26. The third-order valence-electron chi connectivity index (χ3n) is 3.07. The lowest BCUT2D eigenvalue weighted by Gasteiger charge is -2.14. The van der Waals surface area contributed by atoms with E-state index in [1.165, 1.54) is 4.88 Å². The Morgan fingerprint density at radius 3 is 2.84 bits per heavy atom. The fraction of sp³-hybridized carbons (Fsp3) is 0.333. The second-order valence-corrected chi connectivity index (χ2v) is 5.81. The molecule has 0 aliphatic heterocycles. The van der Waals surface area contributed by atoms with E-state index >= 15 is 0 Å². The molecule has 0 spiro atoms. The standard InChI is InChI=1S/C15H18ClNOS/c1-11(17-2)14-6-5-12(10-15(14)16)18-8-7-13-4-3-9-19-13/h3-6,9-11,17H,7-8H2,1-2H3. The van der Waals surface area contributed by atoms with E-state index in [2.05, 4.69) is 29.8 Å². The van der Waals surface area contributed by atoms with E-state index in [0.29, 0.717) is 6.61 Å². The number of hydrogen-bond donors (Lipinski definition) is 1. The number of halogens is 1. The van der Waals surface area contributed by atoms with Crippen LogP contribution in [0.25, 0.3) is 0 Å². The van der Waals surface area contributed by atoms with Crippen LogP contribution in [0.3, 0.4) is 0 Å². The zero-order valence-corrected chi connectivity index (χ0v) is 12.7. The van der Waals surface area contributed by atoms with Crippen LogP contribution in [-0.2, 0) is 6.42 Å². The monoisotopic (exact) mass is 295 g/mol. The van der Waals surface area contributed by atoms with Crippen molar-refractivity contribution in [1.82, 2.24) is 5.32 Å². The first-order valence-corrected chi connectivity index (χ1v) is 7.58. The first-order chi connectivity index (χ1) is 9.20. The summed E-state index contributed by atoms with van der Waals surface area (Å²) in [7, 11) is 1.92. The molecule has 4 heteroatoms. The lowest BCUT2D eigenvalue weighted by molar-refractivity contribution is 0.323. The molecule has 102 valence electrons. The topological polar surface area (TPSA) is 21.3 Å². The molecule has 2 aromatic rings. The first kappa shape index (κ1) is 14.4. The molecule has 1 aromatic heterocycles. The molecule has 0 radical (unpaired) electrons. The van der Waals surface area contributed by atoms with Crippen molar-refractivity contribution < 1.29 is 4.74 Å². The van der Waals surface area contributed by atoms with Crippen molar-refractivity contribution in [3.63, 3.8) is 0 Å². The Hall–Kier alpha value is -1.03. The van der Waals surface area contributed by atoms with Crippen LogP contribution in [0.2, 0.25) is 5.02 Å². The molecule has 19 heavy (non-hydrogen) atoms. The summed E-state index contributed by atoms with van der Waals surface area (Å²) >= 11 is 8.02. The van der Waals surface area contributed by atoms with E-state index in [0.717, 1.165) is 22.8 Å². The minimum absolute atomic E-state index is 0.243. The number of thiophene rings is 1. The smallest absolute Gasteiger partial charge is 0.120 e. The van der Waals surface area contributed by atoms with Gasteiger partial charge in [-0.1, -0.05) is 23.7 Å². The first-order valence-electron chi connectivity index (χ1n) is 6.32. The zero-order chi connectivity index (χ0) is 13.7. The predicted octanol–water partition coefficient (Wildman–Crippen LogP) is 4.30. The fourth-order valence-corrected chi connectivity index (χ4v) is 2.85. The van der Waals surface area contributed by atoms with Gasteiger partial charge in [0.05, 0.1) is 6.61 Å². The highest BCUT2D eigenvalue weighted by Crippen LogP contribution is 2.27. The molecule has 0 fully saturated rings. The molecule has 1 unspecified atom stereocenters. The molecule has 0 saturated carbocycles. The summed E-state index contributed by atoms with van der Waals surface area (Å²) in [6.07, 6.45) is 0.934. The van der Waals surface area contributed by atoms with Crippen molar-refractivity contribution in [2.24, 2.45) is 0 Å². The molecule has 0 bridgehead atoms. The Morgan fingerprint density at radius 2 is 2.21 bits per heavy atom. The maximum Gasteiger partial charge on any atom is 0.120 e. The number of benzene rings is 1. The lowest BCUT2D eigenvalue weighted by Crippen LogP contribution is -2.12. The minimum atomic E-state index is 0.243. The van der Waals surface area contributed by atoms with Gasteiger partial charge in [-0.15, -0.1) is 11.3 Å². The average molecular weight is 296 g/mol. The molecule has 1 aromatic carbocycles. The Labute approximate surface area is 123 Å². The van der Waals surface area contributed by atoms with Crippen LogP contribution < -0.4 is 10.1 Å². The molecule has 0 aliphatic rings. The Bertz CT molecular complexity index is 513. The Balaban J connectivity index is 1.92. The van der Waals surface area contributed by atoms with Gasteiger partial charge in [0.15, 0.2) is 0 Å². The SMILES string of the molecule is CNC(C)c1ccc(OCCc2cccs2)cc1Cl. The fourth-order valence-electron chi connectivity index (χ4n) is 1.83. The Kier molecular flexibility index (Phi) is 5.25. The molecule has 0 saturated heterocycles. The van der Waals surface area contributed by atoms with E-state index in [1.54, 1.807) is 11.3 Å². The second kappa shape index (κ2) is 6.94. The lowest BCUT2D eigenvalue weighted by atomic mass is 10.1. The van der Waals surface area contributed by atoms with Crippen LogP contribution in [0.5, 0.6) is 5.75 Å². The molecule has 0 aliphatic carbocycles. The van der Waals surface area contributed by atoms with Gasteiger partial charge in [-0.2, -0.15) is 0 Å². The third kappa shape index (κ3) is 3.96. The quantitative estimate of drug-likeness (QED) is 0.858. The summed E-state index contributed by atoms with van der Waals surface area (Å²) in [5.74, 6) is 0.827. The summed E-state index contributed by atoms with van der Waals surface area (Å²) < 4.78 is 5.73. The largest absolute Gasteiger partial charge is 0.493 e. The van der Waals surface area contributed by atoms with Crippen molar-refractivity contribution in [1.29, 1.82) is 0 Å². The summed E-state index contributed by atoms with van der Waals surface area (Å²) in [5, 5.41) is 6.01. The van der Waals surface area contributed by atoms with Gasteiger partial charge in [-0.05, 0) is 43.1 Å². The molecule has 1 N–H and O–H groups in total. The van der Waals surface area contributed by atoms with Crippen LogP contribution in [0.1, 0.15) is 23.4 Å². The molecule has 2 rings (SSSR count). The summed E-state index contributed by atoms with van der Waals surface area (Å²) in [6, 6.07) is 10.3. The van der Waals surface area contributed by atoms with Gasteiger partial charge < -0.3 is 10.1 Å². The van der Waals surface area contributed by atoms with Crippen LogP contribution in [0, 0.1) is 0 Å². The maximum absolute atomic E-state index is 6.26. The summed E-state index contributed by atoms with van der Waals surface area (Å²) in [5.41, 5.74) is 1.09. The molecular weight excluding hydrogens is 278 g/mol. The van der Waals surface area contributed by atoms with E-state index in [-0.39, 0.29) is 6.04 Å². The number of nitrogens with one attached hydrogen (secondary N) is 1. The van der Waals surface area contributed by atoms with E-state index < -0.39 is 0 Å².